The van der Waals surface area contributed by atoms with Crippen molar-refractivity contribution in [2.24, 2.45) is 5.92 Å². The standard InChI is InChI=1S/C19H16ClNO4S2/c1-10(2)9-24-18(23)13-7-11(3-5-14(13)20)15-6-4-12(25-15)8-16-17(22)21-19(26)27-16/h3-8,10H,9H2,1-2H3,(H,21,22,26)/b16-8-. The summed E-state index contributed by atoms with van der Waals surface area (Å²) in [6, 6.07) is 8.51. The Bertz CT molecular complexity index is 949. The number of esters is 1. The minimum atomic E-state index is -0.475. The van der Waals surface area contributed by atoms with Crippen LogP contribution in [-0.4, -0.2) is 22.8 Å². The third-order valence-electron chi connectivity index (χ3n) is 3.56. The molecule has 2 aromatic rings. The first kappa shape index (κ1) is 19.7. The van der Waals surface area contributed by atoms with E-state index in [4.69, 9.17) is 33.0 Å². The molecule has 2 heterocycles. The lowest BCUT2D eigenvalue weighted by molar-refractivity contribution is -0.115. The van der Waals surface area contributed by atoms with Crippen LogP contribution in [0.1, 0.15) is 30.0 Å². The Morgan fingerprint density at radius 3 is 2.81 bits per heavy atom. The second-order valence-electron chi connectivity index (χ2n) is 6.24. The van der Waals surface area contributed by atoms with E-state index >= 15 is 0 Å². The van der Waals surface area contributed by atoms with Crippen molar-refractivity contribution in [3.8, 4) is 11.3 Å². The number of carbonyl (C=O) groups excluding carboxylic acids is 2. The molecule has 140 valence electrons. The zero-order chi connectivity index (χ0) is 19.6. The average molecular weight is 422 g/mol. The Labute approximate surface area is 171 Å². The molecule has 0 saturated carbocycles. The highest BCUT2D eigenvalue weighted by molar-refractivity contribution is 8.26. The summed E-state index contributed by atoms with van der Waals surface area (Å²) < 4.78 is 11.5. The largest absolute Gasteiger partial charge is 0.462 e. The van der Waals surface area contributed by atoms with Gasteiger partial charge in [-0.3, -0.25) is 4.79 Å². The number of ether oxygens (including phenoxy) is 1. The summed E-state index contributed by atoms with van der Waals surface area (Å²) in [7, 11) is 0. The molecule has 1 amide bonds. The molecule has 1 fully saturated rings. The molecule has 8 heteroatoms. The smallest absolute Gasteiger partial charge is 0.339 e. The van der Waals surface area contributed by atoms with E-state index < -0.39 is 5.97 Å². The van der Waals surface area contributed by atoms with Gasteiger partial charge in [0.15, 0.2) is 0 Å². The number of thioether (sulfide) groups is 1. The number of benzene rings is 1. The van der Waals surface area contributed by atoms with Gasteiger partial charge in [-0.1, -0.05) is 49.4 Å². The summed E-state index contributed by atoms with van der Waals surface area (Å²) in [5, 5.41) is 2.86. The van der Waals surface area contributed by atoms with Crippen molar-refractivity contribution in [1.82, 2.24) is 5.32 Å². The van der Waals surface area contributed by atoms with Crippen molar-refractivity contribution in [2.45, 2.75) is 13.8 Å². The molecule has 0 atom stereocenters. The zero-order valence-corrected chi connectivity index (χ0v) is 17.0. The van der Waals surface area contributed by atoms with E-state index in [-0.39, 0.29) is 17.4 Å². The van der Waals surface area contributed by atoms with Gasteiger partial charge in [-0.05, 0) is 36.2 Å². The van der Waals surface area contributed by atoms with Crippen LogP contribution in [0.4, 0.5) is 0 Å². The Hall–Kier alpha value is -2.09. The highest BCUT2D eigenvalue weighted by atomic mass is 35.5. The van der Waals surface area contributed by atoms with Crippen molar-refractivity contribution >= 4 is 57.9 Å². The zero-order valence-electron chi connectivity index (χ0n) is 14.6. The fourth-order valence-corrected chi connectivity index (χ4v) is 3.51. The van der Waals surface area contributed by atoms with Gasteiger partial charge in [0.05, 0.1) is 22.1 Å². The van der Waals surface area contributed by atoms with Crippen LogP contribution in [0.5, 0.6) is 0 Å². The maximum absolute atomic E-state index is 12.2. The van der Waals surface area contributed by atoms with Gasteiger partial charge in [0, 0.05) is 11.6 Å². The molecule has 0 unspecified atom stereocenters. The molecule has 5 nitrogen and oxygen atoms in total. The number of furan rings is 1. The molecule has 3 rings (SSSR count). The Morgan fingerprint density at radius 1 is 1.37 bits per heavy atom. The molecular weight excluding hydrogens is 406 g/mol. The van der Waals surface area contributed by atoms with Crippen LogP contribution in [0.2, 0.25) is 5.02 Å². The molecule has 0 radical (unpaired) electrons. The van der Waals surface area contributed by atoms with Crippen LogP contribution >= 0.6 is 35.6 Å². The second kappa shape index (κ2) is 8.29. The Kier molecular flexibility index (Phi) is 6.04. The van der Waals surface area contributed by atoms with Crippen molar-refractivity contribution in [3.05, 3.63) is 51.6 Å². The summed E-state index contributed by atoms with van der Waals surface area (Å²) in [6.45, 7) is 4.24. The summed E-state index contributed by atoms with van der Waals surface area (Å²) in [5.74, 6) is 0.561. The van der Waals surface area contributed by atoms with Crippen LogP contribution in [-0.2, 0) is 9.53 Å². The summed E-state index contributed by atoms with van der Waals surface area (Å²) in [6.07, 6.45) is 1.62. The van der Waals surface area contributed by atoms with Gasteiger partial charge in [-0.15, -0.1) is 0 Å². The minimum Gasteiger partial charge on any atom is -0.462 e. The van der Waals surface area contributed by atoms with Crippen molar-refractivity contribution < 1.29 is 18.7 Å². The molecule has 1 aliphatic heterocycles. The number of rotatable bonds is 5. The molecule has 1 aromatic heterocycles. The van der Waals surface area contributed by atoms with Gasteiger partial charge in [-0.25, -0.2) is 4.79 Å². The van der Waals surface area contributed by atoms with Gasteiger partial charge >= 0.3 is 5.97 Å². The van der Waals surface area contributed by atoms with E-state index in [0.29, 0.717) is 37.9 Å². The van der Waals surface area contributed by atoms with Crippen LogP contribution in [0.15, 0.2) is 39.7 Å². The van der Waals surface area contributed by atoms with Crippen molar-refractivity contribution in [1.29, 1.82) is 0 Å². The molecule has 0 bridgehead atoms. The maximum atomic E-state index is 12.2. The molecule has 1 N–H and O–H groups in total. The first-order chi connectivity index (χ1) is 12.8. The highest BCUT2D eigenvalue weighted by Crippen LogP contribution is 2.30. The number of carbonyl (C=O) groups is 2. The number of hydrogen-bond donors (Lipinski definition) is 1. The number of amides is 1. The first-order valence-electron chi connectivity index (χ1n) is 8.15. The Balaban J connectivity index is 1.83. The van der Waals surface area contributed by atoms with Crippen LogP contribution in [0, 0.1) is 5.92 Å². The molecule has 0 spiro atoms. The lowest BCUT2D eigenvalue weighted by atomic mass is 10.1. The second-order valence-corrected chi connectivity index (χ2v) is 8.37. The SMILES string of the molecule is CC(C)COC(=O)c1cc(-c2ccc(/C=C3\SC(=S)NC3=O)o2)ccc1Cl. The van der Waals surface area contributed by atoms with Gasteiger partial charge < -0.3 is 14.5 Å². The molecule has 0 aliphatic carbocycles. The van der Waals surface area contributed by atoms with Gasteiger partial charge in [-0.2, -0.15) is 0 Å². The molecule has 1 saturated heterocycles. The third kappa shape index (κ3) is 4.80. The maximum Gasteiger partial charge on any atom is 0.339 e. The summed E-state index contributed by atoms with van der Waals surface area (Å²) in [4.78, 5) is 24.5. The fourth-order valence-electron chi connectivity index (χ4n) is 2.29. The predicted molar refractivity (Wildman–Crippen MR) is 111 cm³/mol. The Morgan fingerprint density at radius 2 is 2.15 bits per heavy atom. The monoisotopic (exact) mass is 421 g/mol. The van der Waals surface area contributed by atoms with Crippen LogP contribution < -0.4 is 5.32 Å². The lowest BCUT2D eigenvalue weighted by Gasteiger charge is -2.09. The number of thiocarbonyl (C=S) groups is 1. The van der Waals surface area contributed by atoms with E-state index in [1.54, 1.807) is 36.4 Å². The van der Waals surface area contributed by atoms with Gasteiger partial charge in [0.2, 0.25) is 0 Å². The summed E-state index contributed by atoms with van der Waals surface area (Å²) in [5.41, 5.74) is 0.960. The lowest BCUT2D eigenvalue weighted by Crippen LogP contribution is -2.17. The van der Waals surface area contributed by atoms with Crippen molar-refractivity contribution in [2.75, 3.05) is 6.61 Å². The van der Waals surface area contributed by atoms with Gasteiger partial charge in [0.25, 0.3) is 5.91 Å². The molecule has 1 aliphatic rings. The van der Waals surface area contributed by atoms with E-state index in [2.05, 4.69) is 5.32 Å². The van der Waals surface area contributed by atoms with E-state index in [1.165, 1.54) is 11.8 Å². The average Bonchev–Trinajstić information content (AvgIpc) is 3.20. The number of nitrogens with one attached hydrogen (secondary N) is 1. The van der Waals surface area contributed by atoms with Gasteiger partial charge in [0.1, 0.15) is 15.8 Å². The molecular formula is C19H16ClNO4S2. The van der Waals surface area contributed by atoms with Crippen LogP contribution in [0.3, 0.4) is 0 Å². The quantitative estimate of drug-likeness (QED) is 0.420. The first-order valence-corrected chi connectivity index (χ1v) is 9.75. The van der Waals surface area contributed by atoms with Crippen molar-refractivity contribution in [3.63, 3.8) is 0 Å². The highest BCUT2D eigenvalue weighted by Gasteiger charge is 2.22. The topological polar surface area (TPSA) is 68.5 Å². The summed E-state index contributed by atoms with van der Waals surface area (Å²) >= 11 is 12.3. The predicted octanol–water partition coefficient (Wildman–Crippen LogP) is 4.90. The molecule has 27 heavy (non-hydrogen) atoms. The van der Waals surface area contributed by atoms with E-state index in [0.717, 1.165) is 0 Å². The molecule has 1 aromatic carbocycles. The van der Waals surface area contributed by atoms with E-state index in [9.17, 15) is 9.59 Å². The van der Waals surface area contributed by atoms with Crippen LogP contribution in [0.25, 0.3) is 17.4 Å². The fraction of sp³-hybridized carbons (Fsp3) is 0.211. The van der Waals surface area contributed by atoms with E-state index in [1.807, 2.05) is 13.8 Å². The third-order valence-corrected chi connectivity index (χ3v) is 5.05. The number of halogens is 1. The normalized spacial score (nSPS) is 15.5. The minimum absolute atomic E-state index is 0.232. The number of hydrogen-bond acceptors (Lipinski definition) is 6.